The van der Waals surface area contributed by atoms with Gasteiger partial charge in [0.05, 0.1) is 17.6 Å². The average Bonchev–Trinajstić information content (AvgIpc) is 3.20. The van der Waals surface area contributed by atoms with Crippen molar-refractivity contribution in [2.75, 3.05) is 0 Å². The van der Waals surface area contributed by atoms with Crippen LogP contribution in [-0.2, 0) is 6.42 Å². The van der Waals surface area contributed by atoms with Crippen LogP contribution in [0, 0.1) is 5.92 Å². The van der Waals surface area contributed by atoms with E-state index in [0.29, 0.717) is 11.2 Å². The fourth-order valence-corrected chi connectivity index (χ4v) is 2.42. The van der Waals surface area contributed by atoms with E-state index in [9.17, 15) is 0 Å². The molecular formula is C12H13ClN4. The molecular weight excluding hydrogens is 236 g/mol. The lowest BCUT2D eigenvalue weighted by molar-refractivity contribution is 0.654. The van der Waals surface area contributed by atoms with E-state index < -0.39 is 0 Å². The Labute approximate surface area is 104 Å². The van der Waals surface area contributed by atoms with Crippen LogP contribution in [0.5, 0.6) is 0 Å². The quantitative estimate of drug-likeness (QED) is 0.785. The SMILES string of the molecule is Clc1nc(CC2CC2)nc2c1cnn2C1CC1. The van der Waals surface area contributed by atoms with Crippen molar-refractivity contribution in [3.05, 3.63) is 17.2 Å². The second kappa shape index (κ2) is 3.42. The zero-order valence-corrected chi connectivity index (χ0v) is 10.2. The highest BCUT2D eigenvalue weighted by molar-refractivity contribution is 6.33. The Morgan fingerprint density at radius 2 is 2.06 bits per heavy atom. The molecule has 2 saturated carbocycles. The largest absolute Gasteiger partial charge is 0.244 e. The molecule has 0 unspecified atom stereocenters. The summed E-state index contributed by atoms with van der Waals surface area (Å²) < 4.78 is 2.01. The summed E-state index contributed by atoms with van der Waals surface area (Å²) in [6.45, 7) is 0. The van der Waals surface area contributed by atoms with Gasteiger partial charge in [0.15, 0.2) is 5.65 Å². The second-order valence-corrected chi connectivity index (χ2v) is 5.49. The molecule has 4 rings (SSSR count). The summed E-state index contributed by atoms with van der Waals surface area (Å²) in [4.78, 5) is 9.02. The fraction of sp³-hybridized carbons (Fsp3) is 0.583. The van der Waals surface area contributed by atoms with Gasteiger partial charge in [0.2, 0.25) is 0 Å². The third-order valence-corrected chi connectivity index (χ3v) is 3.80. The van der Waals surface area contributed by atoms with Crippen LogP contribution < -0.4 is 0 Å². The van der Waals surface area contributed by atoms with E-state index in [1.54, 1.807) is 6.20 Å². The van der Waals surface area contributed by atoms with Crippen molar-refractivity contribution in [1.82, 2.24) is 19.7 Å². The first-order valence-electron chi connectivity index (χ1n) is 6.21. The van der Waals surface area contributed by atoms with Crippen LogP contribution in [0.3, 0.4) is 0 Å². The molecule has 0 saturated heterocycles. The number of halogens is 1. The molecule has 0 atom stereocenters. The van der Waals surface area contributed by atoms with Gasteiger partial charge in [0.25, 0.3) is 0 Å². The topological polar surface area (TPSA) is 43.6 Å². The lowest BCUT2D eigenvalue weighted by Gasteiger charge is -2.03. The first-order chi connectivity index (χ1) is 8.31. The van der Waals surface area contributed by atoms with E-state index in [4.69, 9.17) is 11.6 Å². The minimum Gasteiger partial charge on any atom is -0.244 e. The van der Waals surface area contributed by atoms with Gasteiger partial charge in [0, 0.05) is 6.42 Å². The monoisotopic (exact) mass is 248 g/mol. The summed E-state index contributed by atoms with van der Waals surface area (Å²) in [5.74, 6) is 1.66. The maximum atomic E-state index is 6.20. The van der Waals surface area contributed by atoms with Crippen LogP contribution in [0.25, 0.3) is 11.0 Å². The van der Waals surface area contributed by atoms with Gasteiger partial charge in [-0.25, -0.2) is 14.6 Å². The standard InChI is InChI=1S/C12H13ClN4/c13-11-9-6-14-17(8-3-4-8)12(9)16-10(15-11)5-7-1-2-7/h6-8H,1-5H2. The van der Waals surface area contributed by atoms with Gasteiger partial charge in [0.1, 0.15) is 11.0 Å². The predicted molar refractivity (Wildman–Crippen MR) is 65.0 cm³/mol. The molecule has 2 aromatic rings. The molecule has 0 aromatic carbocycles. The molecule has 2 aliphatic rings. The molecule has 2 aromatic heterocycles. The van der Waals surface area contributed by atoms with E-state index in [2.05, 4.69) is 15.1 Å². The second-order valence-electron chi connectivity index (χ2n) is 5.14. The van der Waals surface area contributed by atoms with E-state index in [1.165, 1.54) is 25.7 Å². The molecule has 0 N–H and O–H groups in total. The molecule has 88 valence electrons. The van der Waals surface area contributed by atoms with Crippen molar-refractivity contribution < 1.29 is 0 Å². The molecule has 5 heteroatoms. The highest BCUT2D eigenvalue weighted by atomic mass is 35.5. The normalized spacial score (nSPS) is 20.1. The summed E-state index contributed by atoms with van der Waals surface area (Å²) >= 11 is 6.20. The molecule has 4 nitrogen and oxygen atoms in total. The van der Waals surface area contributed by atoms with Crippen LogP contribution in [0.2, 0.25) is 5.15 Å². The summed E-state index contributed by atoms with van der Waals surface area (Å²) in [5.41, 5.74) is 0.920. The minimum atomic E-state index is 0.534. The molecule has 0 amide bonds. The van der Waals surface area contributed by atoms with Crippen LogP contribution in [0.4, 0.5) is 0 Å². The van der Waals surface area contributed by atoms with Gasteiger partial charge >= 0.3 is 0 Å². The molecule has 0 spiro atoms. The van der Waals surface area contributed by atoms with Crippen LogP contribution in [0.1, 0.15) is 37.5 Å². The smallest absolute Gasteiger partial charge is 0.163 e. The maximum Gasteiger partial charge on any atom is 0.163 e. The van der Waals surface area contributed by atoms with Gasteiger partial charge in [-0.2, -0.15) is 5.10 Å². The highest BCUT2D eigenvalue weighted by Gasteiger charge is 2.28. The summed E-state index contributed by atoms with van der Waals surface area (Å²) in [6.07, 6.45) is 7.77. The third kappa shape index (κ3) is 1.71. The number of aromatic nitrogens is 4. The fourth-order valence-electron chi connectivity index (χ4n) is 2.19. The Morgan fingerprint density at radius 3 is 2.76 bits per heavy atom. The lowest BCUT2D eigenvalue weighted by atomic mass is 10.3. The molecule has 0 bridgehead atoms. The van der Waals surface area contributed by atoms with E-state index in [1.807, 2.05) is 4.68 Å². The Hall–Kier alpha value is -1.16. The van der Waals surface area contributed by atoms with E-state index in [-0.39, 0.29) is 0 Å². The molecule has 2 aliphatic carbocycles. The van der Waals surface area contributed by atoms with Crippen molar-refractivity contribution in [3.8, 4) is 0 Å². The number of rotatable bonds is 3. The summed E-state index contributed by atoms with van der Waals surface area (Å²) in [7, 11) is 0. The zero-order valence-electron chi connectivity index (χ0n) is 9.43. The van der Waals surface area contributed by atoms with Crippen molar-refractivity contribution >= 4 is 22.6 Å². The van der Waals surface area contributed by atoms with Crippen LogP contribution >= 0.6 is 11.6 Å². The summed E-state index contributed by atoms with van der Waals surface area (Å²) in [5, 5.41) is 5.82. The van der Waals surface area contributed by atoms with Gasteiger partial charge in [-0.3, -0.25) is 0 Å². The molecule has 0 aliphatic heterocycles. The highest BCUT2D eigenvalue weighted by Crippen LogP contribution is 2.37. The van der Waals surface area contributed by atoms with Gasteiger partial charge in [-0.1, -0.05) is 11.6 Å². The molecule has 17 heavy (non-hydrogen) atoms. The van der Waals surface area contributed by atoms with E-state index >= 15 is 0 Å². The number of fused-ring (bicyclic) bond motifs is 1. The molecule has 0 radical (unpaired) electrons. The van der Waals surface area contributed by atoms with Crippen LogP contribution in [0.15, 0.2) is 6.20 Å². The Kier molecular flexibility index (Phi) is 1.98. The number of hydrogen-bond acceptors (Lipinski definition) is 3. The number of hydrogen-bond donors (Lipinski definition) is 0. The third-order valence-electron chi connectivity index (χ3n) is 3.51. The van der Waals surface area contributed by atoms with Crippen molar-refractivity contribution in [3.63, 3.8) is 0 Å². The predicted octanol–water partition coefficient (Wildman–Crippen LogP) is 2.77. The van der Waals surface area contributed by atoms with Gasteiger partial charge in [-0.15, -0.1) is 0 Å². The maximum absolute atomic E-state index is 6.20. The lowest BCUT2D eigenvalue weighted by Crippen LogP contribution is -2.02. The van der Waals surface area contributed by atoms with E-state index in [0.717, 1.165) is 29.2 Å². The number of nitrogens with zero attached hydrogens (tertiary/aromatic N) is 4. The molecule has 2 heterocycles. The van der Waals surface area contributed by atoms with Crippen molar-refractivity contribution in [2.24, 2.45) is 5.92 Å². The minimum absolute atomic E-state index is 0.534. The van der Waals surface area contributed by atoms with Gasteiger partial charge < -0.3 is 0 Å². The first-order valence-corrected chi connectivity index (χ1v) is 6.58. The van der Waals surface area contributed by atoms with Crippen molar-refractivity contribution in [1.29, 1.82) is 0 Å². The Bertz CT molecular complexity index is 583. The zero-order chi connectivity index (χ0) is 11.4. The van der Waals surface area contributed by atoms with Gasteiger partial charge in [-0.05, 0) is 31.6 Å². The average molecular weight is 249 g/mol. The summed E-state index contributed by atoms with van der Waals surface area (Å²) in [6, 6.07) is 0.534. The van der Waals surface area contributed by atoms with Crippen LogP contribution in [-0.4, -0.2) is 19.7 Å². The molecule has 2 fully saturated rings. The Balaban J connectivity index is 1.83. The Morgan fingerprint density at radius 1 is 1.24 bits per heavy atom. The first kappa shape index (κ1) is 9.83. The van der Waals surface area contributed by atoms with Crippen molar-refractivity contribution in [2.45, 2.75) is 38.1 Å².